The van der Waals surface area contributed by atoms with Gasteiger partial charge in [0.2, 0.25) is 94.5 Å². The van der Waals surface area contributed by atoms with Gasteiger partial charge in [0.1, 0.15) is 72.2 Å². The molecule has 123 heavy (non-hydrogen) atoms. The number of aromatic nitrogens is 4. The minimum atomic E-state index is -1.59. The van der Waals surface area contributed by atoms with Crippen LogP contribution in [0.5, 0.6) is 5.75 Å². The molecule has 5 heterocycles. The Morgan fingerprint density at radius 2 is 1.02 bits per heavy atom. The van der Waals surface area contributed by atoms with Crippen molar-refractivity contribution in [1.29, 1.82) is 0 Å². The number of unbranched alkanes of at least 4 members (excludes halogenated alkanes) is 2. The Kier molecular flexibility index (Phi) is 36.2. The number of aromatic amines is 2. The van der Waals surface area contributed by atoms with E-state index in [0.29, 0.717) is 82.7 Å². The number of carbonyl (C=O) groups is 16. The van der Waals surface area contributed by atoms with Crippen molar-refractivity contribution in [3.05, 3.63) is 120 Å². The molecule has 2 fully saturated rings. The topological polar surface area (TPSA) is 600 Å². The molecule has 0 bridgehead atoms. The van der Waals surface area contributed by atoms with Crippen LogP contribution in [0.25, 0.3) is 21.8 Å². The zero-order chi connectivity index (χ0) is 89.7. The average Bonchev–Trinajstić information content (AvgIpc) is 1.63. The van der Waals surface area contributed by atoms with Gasteiger partial charge in [0.15, 0.2) is 0 Å². The number of nitrogens with one attached hydrogen (secondary N) is 12. The number of phenols is 1. The van der Waals surface area contributed by atoms with Crippen molar-refractivity contribution >= 4 is 116 Å². The number of hydrogen-bond donors (Lipinski definition) is 18. The average molecular weight is 1710 g/mol. The van der Waals surface area contributed by atoms with Crippen LogP contribution in [0.3, 0.4) is 0 Å². The monoisotopic (exact) mass is 1710 g/mol. The number of benzene rings is 3. The molecule has 3 aromatic carbocycles. The molecule has 38 nitrogen and oxygen atoms in total. The van der Waals surface area contributed by atoms with Gasteiger partial charge in [0.05, 0.1) is 30.1 Å². The van der Waals surface area contributed by atoms with E-state index in [1.807, 2.05) is 19.1 Å². The Labute approximate surface area is 712 Å². The first-order valence-electron chi connectivity index (χ1n) is 42.0. The van der Waals surface area contributed by atoms with E-state index in [9.17, 15) is 77.0 Å². The minimum absolute atomic E-state index is 0.00897. The number of aromatic hydroxyl groups is 1. The van der Waals surface area contributed by atoms with Crippen LogP contribution in [0.4, 0.5) is 0 Å². The number of para-hydroxylation sites is 2. The molecule has 15 amide bonds. The summed E-state index contributed by atoms with van der Waals surface area (Å²) in [5, 5.41) is 38.2. The van der Waals surface area contributed by atoms with E-state index in [1.165, 1.54) is 45.9 Å². The third kappa shape index (κ3) is 28.2. The molecule has 0 saturated carbocycles. The highest BCUT2D eigenvalue weighted by atomic mass is 16.3. The number of nitrogens with zero attached hydrogens (tertiary/aromatic N) is 4. The molecular weight excluding hydrogens is 1590 g/mol. The Balaban J connectivity index is 0.932. The SMILES string of the molecule is CCCC[C@H](NC(=O)[C@@H]1CCCN1C(=O)[C@H](CCC(N)=O)NC(=O)CNC(=O)[C@@H]1CCCN1C(=O)[C@H](CCCCN)NC(=O)[C@H](CC(C)C)NC(=O)[C@H](CCC(N)=O)NC(=O)[C@H](CC(C)C)NC(=O)[C@H](Cc1c[nH]c2ccccc12)NC(=O)[C@H](Cc1c[nH]cn1)NC(=O)[C@@H](N)Cc1cn(C(C)=O)c2ccccc12)C(=O)N[C@@H](Cc1ccc(O)cc1)C(N)=O. The highest BCUT2D eigenvalue weighted by Crippen LogP contribution is 2.27. The van der Waals surface area contributed by atoms with Crippen molar-refractivity contribution in [2.45, 2.75) is 242 Å². The number of fused-ring (bicyclic) bond motifs is 2. The number of imidazole rings is 1. The smallest absolute Gasteiger partial charge is 0.245 e. The molecule has 666 valence electrons. The maximum Gasteiger partial charge on any atom is 0.245 e. The highest BCUT2D eigenvalue weighted by molar-refractivity contribution is 6.01. The second kappa shape index (κ2) is 46.4. The van der Waals surface area contributed by atoms with Gasteiger partial charge in [-0.2, -0.15) is 0 Å². The first kappa shape index (κ1) is 95.9. The van der Waals surface area contributed by atoms with E-state index in [2.05, 4.69) is 68.1 Å². The summed E-state index contributed by atoms with van der Waals surface area (Å²) in [6.45, 7) is 9.91. The van der Waals surface area contributed by atoms with Crippen LogP contribution in [0.1, 0.15) is 171 Å². The predicted molar refractivity (Wildman–Crippen MR) is 453 cm³/mol. The second-order valence-electron chi connectivity index (χ2n) is 32.4. The summed E-state index contributed by atoms with van der Waals surface area (Å²) in [5.41, 5.74) is 32.8. The highest BCUT2D eigenvalue weighted by Gasteiger charge is 2.43. The number of primary amides is 3. The summed E-state index contributed by atoms with van der Waals surface area (Å²) in [6.07, 6.45) is 7.09. The summed E-state index contributed by atoms with van der Waals surface area (Å²) in [4.78, 5) is 237. The van der Waals surface area contributed by atoms with Crippen molar-refractivity contribution in [2.24, 2.45) is 40.5 Å². The number of likely N-dealkylation sites (tertiary alicyclic amines) is 2. The van der Waals surface area contributed by atoms with Crippen molar-refractivity contribution in [3.8, 4) is 5.75 Å². The fraction of sp³-hybridized carbons (Fsp3) is 0.518. The number of hydrogen-bond acceptors (Lipinski definition) is 20. The molecule has 2 aliphatic heterocycles. The van der Waals surface area contributed by atoms with E-state index < -0.39 is 180 Å². The second-order valence-corrected chi connectivity index (χ2v) is 32.4. The van der Waals surface area contributed by atoms with E-state index in [4.69, 9.17) is 28.7 Å². The molecule has 6 aromatic rings. The van der Waals surface area contributed by atoms with Crippen molar-refractivity contribution in [2.75, 3.05) is 26.2 Å². The van der Waals surface area contributed by atoms with Crippen molar-refractivity contribution < 1.29 is 81.8 Å². The number of amides is 15. The fourth-order valence-corrected chi connectivity index (χ4v) is 15.3. The van der Waals surface area contributed by atoms with E-state index in [-0.39, 0.29) is 120 Å². The number of carbonyl (C=O) groups excluding carboxylic acids is 16. The number of nitrogens with two attached hydrogens (primary N) is 5. The third-order valence-corrected chi connectivity index (χ3v) is 21.7. The molecule has 12 atom stereocenters. The molecule has 2 saturated heterocycles. The first-order valence-corrected chi connectivity index (χ1v) is 42.0. The Morgan fingerprint density at radius 1 is 0.520 bits per heavy atom. The molecule has 0 aliphatic carbocycles. The lowest BCUT2D eigenvalue weighted by atomic mass is 9.99. The molecular formula is C85H119N21O17. The van der Waals surface area contributed by atoms with Gasteiger partial charge in [-0.1, -0.05) is 96.0 Å². The zero-order valence-electron chi connectivity index (χ0n) is 70.4. The van der Waals surface area contributed by atoms with Gasteiger partial charge in [-0.15, -0.1) is 0 Å². The molecule has 23 N–H and O–H groups in total. The Morgan fingerprint density at radius 3 is 1.59 bits per heavy atom. The van der Waals surface area contributed by atoms with Crippen LogP contribution in [0, 0.1) is 11.8 Å². The van der Waals surface area contributed by atoms with E-state index in [1.54, 1.807) is 88.6 Å². The summed E-state index contributed by atoms with van der Waals surface area (Å²) >= 11 is 0. The number of H-pyrrole nitrogens is 2. The Bertz CT molecular complexity index is 4720. The normalized spacial score (nSPS) is 16.3. The van der Waals surface area contributed by atoms with Gasteiger partial charge in [-0.25, -0.2) is 4.98 Å². The summed E-state index contributed by atoms with van der Waals surface area (Å²) in [5.74, 6) is -13.0. The molecule has 8 rings (SSSR count). The van der Waals surface area contributed by atoms with Gasteiger partial charge < -0.3 is 107 Å². The van der Waals surface area contributed by atoms with Crippen molar-refractivity contribution in [3.63, 3.8) is 0 Å². The molecule has 0 spiro atoms. The predicted octanol–water partition coefficient (Wildman–Crippen LogP) is -0.302. The van der Waals surface area contributed by atoms with Gasteiger partial charge in [-0.3, -0.25) is 81.3 Å². The lowest BCUT2D eigenvalue weighted by molar-refractivity contribution is -0.143. The van der Waals surface area contributed by atoms with Crippen LogP contribution in [-0.4, -0.2) is 228 Å². The molecule has 0 radical (unpaired) electrons. The summed E-state index contributed by atoms with van der Waals surface area (Å²) < 4.78 is 1.45. The van der Waals surface area contributed by atoms with Crippen LogP contribution in [0.2, 0.25) is 0 Å². The summed E-state index contributed by atoms with van der Waals surface area (Å²) in [6, 6.07) is 4.31. The van der Waals surface area contributed by atoms with Gasteiger partial charge in [0, 0.05) is 87.0 Å². The van der Waals surface area contributed by atoms with E-state index >= 15 is 4.79 Å². The van der Waals surface area contributed by atoms with Crippen LogP contribution < -0.4 is 81.8 Å². The third-order valence-electron chi connectivity index (χ3n) is 21.7. The standard InChI is InChI=1S/C85H119N21O17/c1-7-8-19-59(76(114)99-63(74(90)112)38-50-25-27-54(108)28-26-50)97-83(121)70-24-16-35-105(70)85(123)62(30-32-72(89)110)95-73(111)44-93-82(120)69-23-15-34-104(69)84(122)61(21-13-14-33-86)98-79(117)65(37-48(4)5)101-77(115)60(29-31-71(88)109)96-78(116)64(36-47(2)3)102-80(118)66(40-51-42-92-58-20-11-9-17-55(51)58)103-81(119)67(41-53-43-91-46-94-53)100-75(113)57(87)39-52-45-106(49(6)107)68-22-12-10-18-56(52)68/h9-12,17-18,20,22,25-28,42-43,45-48,57,59-67,69-70,92,108H,7-8,13-16,19,21,23-24,29-41,44,86-87H2,1-6H3,(H2,88,109)(H2,89,110)(H2,90,112)(H,91,94)(H,93,120)(H,95,111)(H,96,116)(H,97,121)(H,98,117)(H,99,114)(H,100,113)(H,101,115)(H,102,118)(H,103,119)/t57-,59-,60-,61-,62-,63-,64-,65-,66-,67-,69-,70-/m0/s1. The van der Waals surface area contributed by atoms with Crippen molar-refractivity contribution in [1.82, 2.24) is 82.5 Å². The maximum atomic E-state index is 15.1. The zero-order valence-corrected chi connectivity index (χ0v) is 70.4. The van der Waals surface area contributed by atoms with Gasteiger partial charge >= 0.3 is 0 Å². The molecule has 3 aromatic heterocycles. The van der Waals surface area contributed by atoms with E-state index in [0.717, 1.165) is 0 Å². The number of phenolic OH excluding ortho intramolecular Hbond substituents is 1. The quantitative estimate of drug-likeness (QED) is 0.0218. The lowest BCUT2D eigenvalue weighted by Crippen LogP contribution is -2.61. The first-order chi connectivity index (χ1) is 58.6. The fourth-order valence-electron chi connectivity index (χ4n) is 15.3. The van der Waals surface area contributed by atoms with Crippen LogP contribution in [-0.2, 0) is 97.6 Å². The summed E-state index contributed by atoms with van der Waals surface area (Å²) in [7, 11) is 0. The number of rotatable bonds is 48. The minimum Gasteiger partial charge on any atom is -0.508 e. The molecule has 38 heteroatoms. The van der Waals surface area contributed by atoms with Gasteiger partial charge in [-0.05, 0) is 143 Å². The largest absolute Gasteiger partial charge is 0.508 e. The molecule has 2 aliphatic rings. The molecule has 0 unspecified atom stereocenters. The van der Waals surface area contributed by atoms with Crippen LogP contribution >= 0.6 is 0 Å². The van der Waals surface area contributed by atoms with Gasteiger partial charge in [0.25, 0.3) is 0 Å². The maximum absolute atomic E-state index is 15.1. The van der Waals surface area contributed by atoms with Crippen LogP contribution in [0.15, 0.2) is 97.7 Å². The Hall–Kier alpha value is -12.6. The lowest BCUT2D eigenvalue weighted by Gasteiger charge is -2.31.